The fraction of sp³-hybridized carbons (Fsp3) is 0.500. The fourth-order valence-corrected chi connectivity index (χ4v) is 6.13. The van der Waals surface area contributed by atoms with Crippen molar-refractivity contribution in [2.24, 2.45) is 5.73 Å². The molecular formula is C12H17BrN2O4S2. The van der Waals surface area contributed by atoms with E-state index in [1.165, 1.54) is 10.4 Å². The van der Waals surface area contributed by atoms with Crippen LogP contribution < -0.4 is 5.73 Å². The van der Waals surface area contributed by atoms with Gasteiger partial charge in [-0.15, -0.1) is 0 Å². The van der Waals surface area contributed by atoms with Crippen molar-refractivity contribution < 1.29 is 16.8 Å². The molecule has 0 spiro atoms. The molecule has 0 aromatic heterocycles. The fourth-order valence-electron chi connectivity index (χ4n) is 2.18. The molecule has 118 valence electrons. The lowest BCUT2D eigenvalue weighted by Crippen LogP contribution is -2.33. The Labute approximate surface area is 133 Å². The summed E-state index contributed by atoms with van der Waals surface area (Å²) in [5.41, 5.74) is 6.34. The van der Waals surface area contributed by atoms with Crippen molar-refractivity contribution in [2.75, 3.05) is 24.6 Å². The van der Waals surface area contributed by atoms with Crippen molar-refractivity contribution in [1.29, 1.82) is 0 Å². The Morgan fingerprint density at radius 1 is 1.24 bits per heavy atom. The Hall–Kier alpha value is -0.480. The summed E-state index contributed by atoms with van der Waals surface area (Å²) in [5.74, 6) is -0.100. The molecule has 0 saturated carbocycles. The molecule has 0 atom stereocenters. The van der Waals surface area contributed by atoms with Gasteiger partial charge in [0.1, 0.15) is 0 Å². The van der Waals surface area contributed by atoms with Crippen molar-refractivity contribution in [1.82, 2.24) is 4.31 Å². The molecule has 1 aliphatic rings. The summed E-state index contributed by atoms with van der Waals surface area (Å²) in [7, 11) is -6.86. The number of rotatable bonds is 3. The van der Waals surface area contributed by atoms with Crippen LogP contribution in [0.15, 0.2) is 27.6 Å². The van der Waals surface area contributed by atoms with Crippen molar-refractivity contribution in [3.8, 4) is 0 Å². The predicted molar refractivity (Wildman–Crippen MR) is 84.1 cm³/mol. The Morgan fingerprint density at radius 2 is 1.95 bits per heavy atom. The minimum atomic E-state index is -3.71. The van der Waals surface area contributed by atoms with Gasteiger partial charge in [-0.25, -0.2) is 16.8 Å². The van der Waals surface area contributed by atoms with Gasteiger partial charge in [-0.3, -0.25) is 0 Å². The lowest BCUT2D eigenvalue weighted by Gasteiger charge is -2.20. The van der Waals surface area contributed by atoms with E-state index in [2.05, 4.69) is 15.9 Å². The third-order valence-corrected chi connectivity index (χ3v) is 7.95. The van der Waals surface area contributed by atoms with Crippen LogP contribution in [0, 0.1) is 0 Å². The van der Waals surface area contributed by atoms with Crippen LogP contribution >= 0.6 is 15.9 Å². The van der Waals surface area contributed by atoms with E-state index < -0.39 is 19.9 Å². The third kappa shape index (κ3) is 3.84. The van der Waals surface area contributed by atoms with E-state index in [9.17, 15) is 16.8 Å². The summed E-state index contributed by atoms with van der Waals surface area (Å²) in [6.45, 7) is 0.531. The standard InChI is InChI=1S/C12H17BrN2O4S2/c13-11-8-10(9-14)2-3-12(11)21(18,19)15-4-1-6-20(16,17)7-5-15/h2-3,8H,1,4-7,9,14H2. The second-order valence-electron chi connectivity index (χ2n) is 4.88. The molecule has 1 fully saturated rings. The van der Waals surface area contributed by atoms with Crippen molar-refractivity contribution in [3.05, 3.63) is 28.2 Å². The second-order valence-corrected chi connectivity index (χ2v) is 9.94. The number of nitrogens with two attached hydrogens (primary N) is 1. The van der Waals surface area contributed by atoms with Crippen LogP contribution in [0.1, 0.15) is 12.0 Å². The van der Waals surface area contributed by atoms with Gasteiger partial charge in [-0.1, -0.05) is 6.07 Å². The summed E-state index contributed by atoms with van der Waals surface area (Å²) < 4.78 is 50.1. The highest BCUT2D eigenvalue weighted by atomic mass is 79.9. The van der Waals surface area contributed by atoms with Gasteiger partial charge >= 0.3 is 0 Å². The maximum atomic E-state index is 12.6. The normalized spacial score (nSPS) is 20.1. The summed E-state index contributed by atoms with van der Waals surface area (Å²) in [6.07, 6.45) is 0.320. The first-order chi connectivity index (χ1) is 9.76. The highest BCUT2D eigenvalue weighted by Crippen LogP contribution is 2.27. The van der Waals surface area contributed by atoms with E-state index in [-0.39, 0.29) is 29.5 Å². The minimum Gasteiger partial charge on any atom is -0.326 e. The molecular weight excluding hydrogens is 380 g/mol. The van der Waals surface area contributed by atoms with Crippen molar-refractivity contribution in [3.63, 3.8) is 0 Å². The van der Waals surface area contributed by atoms with E-state index in [1.807, 2.05) is 0 Å². The molecule has 0 bridgehead atoms. The molecule has 0 unspecified atom stereocenters. The zero-order valence-corrected chi connectivity index (χ0v) is 14.5. The molecule has 1 aliphatic heterocycles. The van der Waals surface area contributed by atoms with Crippen LogP contribution in [-0.2, 0) is 26.4 Å². The lowest BCUT2D eigenvalue weighted by molar-refractivity contribution is 0.434. The van der Waals surface area contributed by atoms with Crippen LogP contribution in [0.25, 0.3) is 0 Å². The SMILES string of the molecule is NCc1ccc(S(=O)(=O)N2CCCS(=O)(=O)CC2)c(Br)c1. The number of sulfone groups is 1. The van der Waals surface area contributed by atoms with Gasteiger partial charge < -0.3 is 5.73 Å². The highest BCUT2D eigenvalue weighted by molar-refractivity contribution is 9.10. The molecule has 0 aliphatic carbocycles. The molecule has 6 nitrogen and oxygen atoms in total. The summed E-state index contributed by atoms with van der Waals surface area (Å²) in [6, 6.07) is 4.83. The van der Waals surface area contributed by atoms with Gasteiger partial charge in [-0.05, 0) is 40.0 Å². The van der Waals surface area contributed by atoms with Gasteiger partial charge in [0.2, 0.25) is 10.0 Å². The van der Waals surface area contributed by atoms with Crippen LogP contribution in [0.5, 0.6) is 0 Å². The quantitative estimate of drug-likeness (QED) is 0.811. The number of nitrogens with zero attached hydrogens (tertiary/aromatic N) is 1. The molecule has 1 heterocycles. The van der Waals surface area contributed by atoms with Gasteiger partial charge in [0, 0.05) is 24.1 Å². The zero-order valence-electron chi connectivity index (χ0n) is 11.3. The number of halogens is 1. The first kappa shape index (κ1) is 16.9. The van der Waals surface area contributed by atoms with Crippen LogP contribution in [0.3, 0.4) is 0 Å². The van der Waals surface area contributed by atoms with E-state index >= 15 is 0 Å². The molecule has 2 rings (SSSR count). The average Bonchev–Trinajstić information content (AvgIpc) is 2.59. The molecule has 0 amide bonds. The summed E-state index contributed by atoms with van der Waals surface area (Å²) in [5, 5.41) is 0. The summed E-state index contributed by atoms with van der Waals surface area (Å²) in [4.78, 5) is 0.138. The maximum absolute atomic E-state index is 12.6. The average molecular weight is 397 g/mol. The monoisotopic (exact) mass is 396 g/mol. The van der Waals surface area contributed by atoms with Crippen molar-refractivity contribution in [2.45, 2.75) is 17.9 Å². The lowest BCUT2D eigenvalue weighted by atomic mass is 10.2. The largest absolute Gasteiger partial charge is 0.326 e. The smallest absolute Gasteiger partial charge is 0.244 e. The predicted octanol–water partition coefficient (Wildman–Crippen LogP) is 0.717. The van der Waals surface area contributed by atoms with Crippen LogP contribution in [0.2, 0.25) is 0 Å². The maximum Gasteiger partial charge on any atom is 0.244 e. The Balaban J connectivity index is 2.34. The minimum absolute atomic E-state index is 0.00422. The van der Waals surface area contributed by atoms with Gasteiger partial charge in [-0.2, -0.15) is 4.31 Å². The van der Waals surface area contributed by atoms with E-state index in [1.54, 1.807) is 12.1 Å². The zero-order chi connectivity index (χ0) is 15.7. The van der Waals surface area contributed by atoms with E-state index in [0.717, 1.165) is 5.56 Å². The molecule has 1 aromatic rings. The van der Waals surface area contributed by atoms with E-state index in [0.29, 0.717) is 17.4 Å². The molecule has 9 heteroatoms. The Kier molecular flexibility index (Phi) is 5.09. The summed E-state index contributed by atoms with van der Waals surface area (Å²) >= 11 is 3.25. The molecule has 2 N–H and O–H groups in total. The van der Waals surface area contributed by atoms with Gasteiger partial charge in [0.15, 0.2) is 9.84 Å². The molecule has 1 aromatic carbocycles. The van der Waals surface area contributed by atoms with E-state index in [4.69, 9.17) is 5.73 Å². The Morgan fingerprint density at radius 3 is 2.57 bits per heavy atom. The third-order valence-electron chi connectivity index (χ3n) is 3.36. The topological polar surface area (TPSA) is 97.5 Å². The van der Waals surface area contributed by atoms with Gasteiger partial charge in [0.05, 0.1) is 16.4 Å². The molecule has 1 saturated heterocycles. The Bertz CT molecular complexity index is 732. The number of hydrogen-bond donors (Lipinski definition) is 1. The molecule has 21 heavy (non-hydrogen) atoms. The number of hydrogen-bond acceptors (Lipinski definition) is 5. The first-order valence-corrected chi connectivity index (χ1v) is 10.5. The number of sulfonamides is 1. The second kappa shape index (κ2) is 6.33. The highest BCUT2D eigenvalue weighted by Gasteiger charge is 2.30. The van der Waals surface area contributed by atoms with Gasteiger partial charge in [0.25, 0.3) is 0 Å². The van der Waals surface area contributed by atoms with Crippen LogP contribution in [0.4, 0.5) is 0 Å². The number of benzene rings is 1. The van der Waals surface area contributed by atoms with Crippen molar-refractivity contribution >= 4 is 35.8 Å². The van der Waals surface area contributed by atoms with Crippen LogP contribution in [-0.4, -0.2) is 45.7 Å². The molecule has 0 radical (unpaired) electrons. The first-order valence-electron chi connectivity index (χ1n) is 6.45.